The lowest BCUT2D eigenvalue weighted by atomic mass is 10.2. The Morgan fingerprint density at radius 3 is 2.75 bits per heavy atom. The lowest BCUT2D eigenvalue weighted by molar-refractivity contribution is -0.116. The number of fused-ring (bicyclic) bond motifs is 2. The van der Waals surface area contributed by atoms with Gasteiger partial charge in [0.15, 0.2) is 5.13 Å². The van der Waals surface area contributed by atoms with Gasteiger partial charge in [-0.25, -0.2) is 4.98 Å². The molecule has 4 rings (SSSR count). The maximum atomic E-state index is 12.4. The highest BCUT2D eigenvalue weighted by Gasteiger charge is 2.10. The molecule has 1 amide bonds. The zero-order chi connectivity index (χ0) is 16.5. The van der Waals surface area contributed by atoms with Crippen molar-refractivity contribution in [3.05, 3.63) is 71.1 Å². The summed E-state index contributed by atoms with van der Waals surface area (Å²) >= 11 is 1.41. The van der Waals surface area contributed by atoms with Gasteiger partial charge in [-0.05, 0) is 29.7 Å². The van der Waals surface area contributed by atoms with Crippen molar-refractivity contribution < 1.29 is 4.79 Å². The number of amides is 1. The molecule has 0 atom stereocenters. The van der Waals surface area contributed by atoms with Crippen LogP contribution in [-0.2, 0) is 11.3 Å². The number of para-hydroxylation sites is 1. The van der Waals surface area contributed by atoms with Gasteiger partial charge in [-0.3, -0.25) is 9.59 Å². The van der Waals surface area contributed by atoms with Gasteiger partial charge in [0.25, 0.3) is 5.56 Å². The molecule has 4 aromatic rings. The molecule has 0 saturated heterocycles. The van der Waals surface area contributed by atoms with Crippen LogP contribution in [0.3, 0.4) is 0 Å². The lowest BCUT2D eigenvalue weighted by Crippen LogP contribution is -2.27. The molecule has 24 heavy (non-hydrogen) atoms. The van der Waals surface area contributed by atoms with Crippen LogP contribution in [0.5, 0.6) is 0 Å². The Morgan fingerprint density at radius 2 is 1.88 bits per heavy atom. The van der Waals surface area contributed by atoms with Crippen molar-refractivity contribution in [2.24, 2.45) is 0 Å². The van der Waals surface area contributed by atoms with Crippen LogP contribution in [0.1, 0.15) is 0 Å². The van der Waals surface area contributed by atoms with Crippen molar-refractivity contribution in [1.82, 2.24) is 9.55 Å². The second-order valence-electron chi connectivity index (χ2n) is 5.37. The number of thiazole rings is 1. The summed E-state index contributed by atoms with van der Waals surface area (Å²) in [6, 6.07) is 16.9. The molecule has 2 aromatic carbocycles. The summed E-state index contributed by atoms with van der Waals surface area (Å²) in [7, 11) is 0. The summed E-state index contributed by atoms with van der Waals surface area (Å²) in [6.45, 7) is -0.0421. The fourth-order valence-electron chi connectivity index (χ4n) is 2.59. The van der Waals surface area contributed by atoms with Crippen LogP contribution in [0.4, 0.5) is 5.13 Å². The molecule has 0 fully saturated rings. The molecule has 2 heterocycles. The number of carbonyl (C=O) groups is 1. The van der Waals surface area contributed by atoms with E-state index in [2.05, 4.69) is 10.3 Å². The van der Waals surface area contributed by atoms with Gasteiger partial charge in [-0.2, -0.15) is 0 Å². The van der Waals surface area contributed by atoms with E-state index in [1.165, 1.54) is 15.9 Å². The van der Waals surface area contributed by atoms with E-state index in [4.69, 9.17) is 0 Å². The van der Waals surface area contributed by atoms with E-state index in [-0.39, 0.29) is 18.0 Å². The number of carbonyl (C=O) groups excluding carboxylic acids is 1. The molecule has 5 nitrogen and oxygen atoms in total. The van der Waals surface area contributed by atoms with Crippen LogP contribution in [0, 0.1) is 0 Å². The molecule has 2 aromatic heterocycles. The molecular weight excluding hydrogens is 322 g/mol. The highest BCUT2D eigenvalue weighted by atomic mass is 32.1. The molecule has 0 aliphatic carbocycles. The van der Waals surface area contributed by atoms with E-state index in [0.29, 0.717) is 10.5 Å². The summed E-state index contributed by atoms with van der Waals surface area (Å²) < 4.78 is 2.42. The van der Waals surface area contributed by atoms with E-state index >= 15 is 0 Å². The highest BCUT2D eigenvalue weighted by Crippen LogP contribution is 2.25. The fraction of sp³-hybridized carbons (Fsp3) is 0.0556. The van der Waals surface area contributed by atoms with Crippen LogP contribution in [-0.4, -0.2) is 15.5 Å². The van der Waals surface area contributed by atoms with Crippen LogP contribution in [0.15, 0.2) is 65.6 Å². The first kappa shape index (κ1) is 14.6. The van der Waals surface area contributed by atoms with Gasteiger partial charge in [-0.1, -0.05) is 41.7 Å². The summed E-state index contributed by atoms with van der Waals surface area (Å²) in [5.41, 5.74) is 0.674. The number of aromatic nitrogens is 2. The van der Waals surface area contributed by atoms with Gasteiger partial charge < -0.3 is 9.88 Å². The fourth-order valence-corrected chi connectivity index (χ4v) is 3.48. The van der Waals surface area contributed by atoms with Crippen molar-refractivity contribution in [2.75, 3.05) is 5.32 Å². The number of nitrogens with zero attached hydrogens (tertiary/aromatic N) is 2. The molecule has 0 spiro atoms. The van der Waals surface area contributed by atoms with E-state index in [0.717, 1.165) is 15.6 Å². The molecule has 0 bridgehead atoms. The van der Waals surface area contributed by atoms with Gasteiger partial charge in [0.2, 0.25) is 5.91 Å². The molecule has 0 aliphatic rings. The normalized spacial score (nSPS) is 11.0. The largest absolute Gasteiger partial charge is 0.306 e. The second kappa shape index (κ2) is 5.90. The summed E-state index contributed by atoms with van der Waals surface area (Å²) in [4.78, 5) is 29.0. The Morgan fingerprint density at radius 1 is 1.08 bits per heavy atom. The van der Waals surface area contributed by atoms with Crippen molar-refractivity contribution in [3.8, 4) is 0 Å². The molecule has 0 radical (unpaired) electrons. The summed E-state index contributed by atoms with van der Waals surface area (Å²) in [6.07, 6.45) is 1.64. The quantitative estimate of drug-likeness (QED) is 0.625. The maximum absolute atomic E-state index is 12.4. The first-order chi connectivity index (χ1) is 11.7. The SMILES string of the molecule is O=C(Cn1ccc2ccccc2c1=O)Nc1nc2ccccc2s1. The minimum absolute atomic E-state index is 0.0421. The van der Waals surface area contributed by atoms with Crippen LogP contribution < -0.4 is 10.9 Å². The first-order valence-electron chi connectivity index (χ1n) is 7.44. The smallest absolute Gasteiger partial charge is 0.258 e. The third kappa shape index (κ3) is 2.68. The minimum atomic E-state index is -0.272. The van der Waals surface area contributed by atoms with E-state index in [1.807, 2.05) is 48.5 Å². The average Bonchev–Trinajstić information content (AvgIpc) is 2.99. The second-order valence-corrected chi connectivity index (χ2v) is 6.40. The minimum Gasteiger partial charge on any atom is -0.306 e. The van der Waals surface area contributed by atoms with Gasteiger partial charge >= 0.3 is 0 Å². The molecular formula is C18H13N3O2S. The van der Waals surface area contributed by atoms with Crippen LogP contribution in [0.2, 0.25) is 0 Å². The maximum Gasteiger partial charge on any atom is 0.258 e. The lowest BCUT2D eigenvalue weighted by Gasteiger charge is -2.06. The number of benzene rings is 2. The Kier molecular flexibility index (Phi) is 3.59. The topological polar surface area (TPSA) is 64.0 Å². The van der Waals surface area contributed by atoms with Gasteiger partial charge in [0.1, 0.15) is 6.54 Å². The van der Waals surface area contributed by atoms with Crippen molar-refractivity contribution in [2.45, 2.75) is 6.54 Å². The summed E-state index contributed by atoms with van der Waals surface area (Å²) in [5, 5.41) is 4.77. The number of rotatable bonds is 3. The molecule has 6 heteroatoms. The van der Waals surface area contributed by atoms with Crippen molar-refractivity contribution >= 4 is 43.4 Å². The van der Waals surface area contributed by atoms with E-state index in [9.17, 15) is 9.59 Å². The van der Waals surface area contributed by atoms with Gasteiger partial charge in [-0.15, -0.1) is 0 Å². The molecule has 0 unspecified atom stereocenters. The zero-order valence-corrected chi connectivity index (χ0v) is 13.4. The highest BCUT2D eigenvalue weighted by molar-refractivity contribution is 7.22. The molecule has 118 valence electrons. The Bertz CT molecular complexity index is 1080. The number of nitrogens with one attached hydrogen (secondary N) is 1. The van der Waals surface area contributed by atoms with Crippen LogP contribution >= 0.6 is 11.3 Å². The Hall–Kier alpha value is -2.99. The number of pyridine rings is 1. The molecule has 0 aliphatic heterocycles. The van der Waals surface area contributed by atoms with Gasteiger partial charge in [0, 0.05) is 11.6 Å². The van der Waals surface area contributed by atoms with Crippen LogP contribution in [0.25, 0.3) is 21.0 Å². The number of hydrogen-bond acceptors (Lipinski definition) is 4. The van der Waals surface area contributed by atoms with Gasteiger partial charge in [0.05, 0.1) is 10.2 Å². The monoisotopic (exact) mass is 335 g/mol. The summed E-state index contributed by atoms with van der Waals surface area (Å²) in [5.74, 6) is -0.272. The van der Waals surface area contributed by atoms with Crippen molar-refractivity contribution in [1.29, 1.82) is 0 Å². The van der Waals surface area contributed by atoms with E-state index < -0.39 is 0 Å². The molecule has 0 saturated carbocycles. The number of hydrogen-bond donors (Lipinski definition) is 1. The zero-order valence-electron chi connectivity index (χ0n) is 12.6. The van der Waals surface area contributed by atoms with Crippen molar-refractivity contribution in [3.63, 3.8) is 0 Å². The first-order valence-corrected chi connectivity index (χ1v) is 8.26. The predicted octanol–water partition coefficient (Wildman–Crippen LogP) is 3.25. The number of anilines is 1. The Balaban J connectivity index is 1.57. The Labute approximate surface area is 141 Å². The van der Waals surface area contributed by atoms with E-state index in [1.54, 1.807) is 12.3 Å². The third-order valence-corrected chi connectivity index (χ3v) is 4.69. The molecule has 1 N–H and O–H groups in total. The average molecular weight is 335 g/mol. The standard InChI is InChI=1S/C18H13N3O2S/c22-16(20-18-19-14-7-3-4-8-15(14)24-18)11-21-10-9-12-5-1-2-6-13(12)17(21)23/h1-10H,11H2,(H,19,20,22). The predicted molar refractivity (Wildman–Crippen MR) is 96.5 cm³/mol. The third-order valence-electron chi connectivity index (χ3n) is 3.74.